The van der Waals surface area contributed by atoms with E-state index in [0.29, 0.717) is 0 Å². The molecule has 0 aliphatic carbocycles. The predicted molar refractivity (Wildman–Crippen MR) is 28.5 cm³/mol. The topological polar surface area (TPSA) is 0 Å². The number of hydrogen-bond donors (Lipinski definition) is 0. The summed E-state index contributed by atoms with van der Waals surface area (Å²) in [4.78, 5) is 1.66. The molecule has 0 saturated carbocycles. The zero-order chi connectivity index (χ0) is 4.28. The maximum atomic E-state index is 5.28. The molecule has 2 heteroatoms. The molecule has 30 valence electrons. The van der Waals surface area contributed by atoms with E-state index in [0.717, 1.165) is 5.03 Å². The van der Waals surface area contributed by atoms with Gasteiger partial charge in [0, 0.05) is 5.03 Å². The fourth-order valence-corrected chi connectivity index (χ4v) is 0. The largest absolute Gasteiger partial charge is 0.0889 e. The van der Waals surface area contributed by atoms with Crippen molar-refractivity contribution in [2.45, 2.75) is 6.92 Å². The van der Waals surface area contributed by atoms with E-state index < -0.39 is 0 Å². The predicted octanol–water partition coefficient (Wildman–Crippen LogP) is 2.48. The van der Waals surface area contributed by atoms with Crippen LogP contribution in [0.4, 0.5) is 0 Å². The van der Waals surface area contributed by atoms with Gasteiger partial charge in [-0.3, -0.25) is 0 Å². The zero-order valence-electron chi connectivity index (χ0n) is 2.83. The summed E-state index contributed by atoms with van der Waals surface area (Å²) in [7, 11) is 0. The lowest BCUT2D eigenvalue weighted by Crippen LogP contribution is -1.41. The Morgan fingerprint density at radius 2 is 2.20 bits per heavy atom. The fraction of sp³-hybridized carbons (Fsp3) is 0.333. The summed E-state index contributed by atoms with van der Waals surface area (Å²) < 4.78 is 0. The van der Waals surface area contributed by atoms with Crippen molar-refractivity contribution >= 4 is 27.5 Å². The van der Waals surface area contributed by atoms with Crippen molar-refractivity contribution in [2.24, 2.45) is 0 Å². The lowest BCUT2D eigenvalue weighted by molar-refractivity contribution is 1.71. The van der Waals surface area contributed by atoms with Gasteiger partial charge in [0.1, 0.15) is 0 Å². The minimum absolute atomic E-state index is 0.769. The van der Waals surface area contributed by atoms with E-state index in [2.05, 4.69) is 15.9 Å². The fourth-order valence-electron chi connectivity index (χ4n) is 0. The Bertz CT molecular complexity index is 44.9. The molecule has 0 aromatic heterocycles. The minimum atomic E-state index is 0.769. The first kappa shape index (κ1) is 5.51. The summed E-state index contributed by atoms with van der Waals surface area (Å²) in [5.74, 6) is 0. The second-order valence-electron chi connectivity index (χ2n) is 0.696. The molecule has 0 spiro atoms. The standard InChI is InChI=1S/C3H4BrCl/c1-3(5)2-4/h2H,1H3/b3-2-. The van der Waals surface area contributed by atoms with Crippen LogP contribution >= 0.6 is 27.5 Å². The molecule has 0 aliphatic rings. The molecule has 0 radical (unpaired) electrons. The minimum Gasteiger partial charge on any atom is -0.0889 e. The van der Waals surface area contributed by atoms with Gasteiger partial charge in [-0.1, -0.05) is 27.5 Å². The van der Waals surface area contributed by atoms with Gasteiger partial charge >= 0.3 is 0 Å². The molecular formula is C3H4BrCl. The first-order valence-corrected chi connectivity index (χ1v) is 2.49. The number of hydrogen-bond acceptors (Lipinski definition) is 0. The van der Waals surface area contributed by atoms with Gasteiger partial charge in [-0.25, -0.2) is 0 Å². The normalized spacial score (nSPS) is 12.2. The highest BCUT2D eigenvalue weighted by atomic mass is 79.9. The average molecular weight is 155 g/mol. The highest BCUT2D eigenvalue weighted by molar-refractivity contribution is 9.11. The molecule has 0 aromatic carbocycles. The second-order valence-corrected chi connectivity index (χ2v) is 1.75. The first-order chi connectivity index (χ1) is 2.27. The van der Waals surface area contributed by atoms with Crippen molar-refractivity contribution in [3.63, 3.8) is 0 Å². The zero-order valence-corrected chi connectivity index (χ0v) is 5.18. The van der Waals surface area contributed by atoms with E-state index in [1.165, 1.54) is 0 Å². The third-order valence-electron chi connectivity index (χ3n) is 0.150. The molecule has 5 heavy (non-hydrogen) atoms. The molecule has 0 aliphatic heterocycles. The van der Waals surface area contributed by atoms with Crippen LogP contribution in [0.5, 0.6) is 0 Å². The molecule has 0 amide bonds. The van der Waals surface area contributed by atoms with E-state index in [1.54, 1.807) is 11.9 Å². The monoisotopic (exact) mass is 154 g/mol. The summed E-state index contributed by atoms with van der Waals surface area (Å²) in [6.45, 7) is 1.80. The Morgan fingerprint density at radius 3 is 2.20 bits per heavy atom. The highest BCUT2D eigenvalue weighted by Gasteiger charge is 1.66. The van der Waals surface area contributed by atoms with Crippen LogP contribution in [0, 0.1) is 0 Å². The Balaban J connectivity index is 3.14. The van der Waals surface area contributed by atoms with E-state index in [9.17, 15) is 0 Å². The highest BCUT2D eigenvalue weighted by Crippen LogP contribution is 1.99. The van der Waals surface area contributed by atoms with Crippen molar-refractivity contribution in [3.05, 3.63) is 10.0 Å². The van der Waals surface area contributed by atoms with Crippen LogP contribution in [-0.2, 0) is 0 Å². The lowest BCUT2D eigenvalue weighted by atomic mass is 10.8. The van der Waals surface area contributed by atoms with E-state index >= 15 is 0 Å². The van der Waals surface area contributed by atoms with Crippen LogP contribution in [0.1, 0.15) is 6.92 Å². The molecule has 0 nitrogen and oxygen atoms in total. The lowest BCUT2D eigenvalue weighted by Gasteiger charge is -1.68. The van der Waals surface area contributed by atoms with Gasteiger partial charge in [-0.05, 0) is 11.9 Å². The van der Waals surface area contributed by atoms with Crippen LogP contribution in [0.15, 0.2) is 10.0 Å². The van der Waals surface area contributed by atoms with E-state index in [4.69, 9.17) is 11.6 Å². The van der Waals surface area contributed by atoms with E-state index in [-0.39, 0.29) is 0 Å². The molecule has 0 saturated heterocycles. The average Bonchev–Trinajstić information content (AvgIpc) is 1.38. The van der Waals surface area contributed by atoms with Crippen molar-refractivity contribution in [1.29, 1.82) is 0 Å². The molecule has 0 unspecified atom stereocenters. The molecule has 0 fully saturated rings. The van der Waals surface area contributed by atoms with Gasteiger partial charge in [0.25, 0.3) is 0 Å². The summed E-state index contributed by atoms with van der Waals surface area (Å²) in [6.07, 6.45) is 0. The molecule has 0 heterocycles. The van der Waals surface area contributed by atoms with Crippen LogP contribution in [0.3, 0.4) is 0 Å². The maximum absolute atomic E-state index is 5.28. The SMILES string of the molecule is C/C(Cl)=C/Br. The van der Waals surface area contributed by atoms with Crippen molar-refractivity contribution < 1.29 is 0 Å². The van der Waals surface area contributed by atoms with Gasteiger partial charge in [0.05, 0.1) is 0 Å². The molecular weight excluding hydrogens is 151 g/mol. The molecule has 0 rings (SSSR count). The summed E-state index contributed by atoms with van der Waals surface area (Å²) >= 11 is 8.30. The molecule has 0 bridgehead atoms. The molecule has 0 aromatic rings. The van der Waals surface area contributed by atoms with Gasteiger partial charge in [0.15, 0.2) is 0 Å². The van der Waals surface area contributed by atoms with Gasteiger partial charge < -0.3 is 0 Å². The Kier molecular flexibility index (Phi) is 3.01. The number of rotatable bonds is 0. The van der Waals surface area contributed by atoms with Crippen LogP contribution in [0.25, 0.3) is 0 Å². The Hall–Kier alpha value is 0.510. The van der Waals surface area contributed by atoms with Crippen LogP contribution < -0.4 is 0 Å². The first-order valence-electron chi connectivity index (χ1n) is 1.20. The third-order valence-corrected chi connectivity index (χ3v) is 1.21. The number of halogens is 2. The van der Waals surface area contributed by atoms with Crippen LogP contribution in [0.2, 0.25) is 0 Å². The summed E-state index contributed by atoms with van der Waals surface area (Å²) in [5, 5.41) is 0.769. The van der Waals surface area contributed by atoms with Crippen molar-refractivity contribution in [2.75, 3.05) is 0 Å². The van der Waals surface area contributed by atoms with Crippen molar-refractivity contribution in [3.8, 4) is 0 Å². The quantitative estimate of drug-likeness (QED) is 0.504. The van der Waals surface area contributed by atoms with Gasteiger partial charge in [-0.15, -0.1) is 0 Å². The van der Waals surface area contributed by atoms with Gasteiger partial charge in [-0.2, -0.15) is 0 Å². The van der Waals surface area contributed by atoms with Gasteiger partial charge in [0.2, 0.25) is 0 Å². The molecule has 0 N–H and O–H groups in total. The van der Waals surface area contributed by atoms with Crippen LogP contribution in [-0.4, -0.2) is 0 Å². The summed E-state index contributed by atoms with van der Waals surface area (Å²) in [6, 6.07) is 0. The molecule has 0 atom stereocenters. The second kappa shape index (κ2) is 2.73. The Labute approximate surface area is 45.0 Å². The maximum Gasteiger partial charge on any atom is 0.0219 e. The number of allylic oxidation sites excluding steroid dienone is 1. The van der Waals surface area contributed by atoms with E-state index in [1.807, 2.05) is 0 Å². The third kappa shape index (κ3) is 4.51. The summed E-state index contributed by atoms with van der Waals surface area (Å²) in [5.41, 5.74) is 0. The smallest absolute Gasteiger partial charge is 0.0219 e. The Morgan fingerprint density at radius 1 is 2.00 bits per heavy atom. The van der Waals surface area contributed by atoms with Crippen molar-refractivity contribution in [1.82, 2.24) is 0 Å².